The average molecular weight is 704 g/mol. The molecule has 1 fully saturated rings. The van der Waals surface area contributed by atoms with Gasteiger partial charge in [-0.25, -0.2) is 5.01 Å². The predicted molar refractivity (Wildman–Crippen MR) is 184 cm³/mol. The molecule has 2 aliphatic rings. The van der Waals surface area contributed by atoms with Crippen LogP contribution < -0.4 is 10.6 Å². The molecular formula is C32H49ClF3N7O5. The van der Waals surface area contributed by atoms with Gasteiger partial charge in [0, 0.05) is 52.7 Å². The number of rotatable bonds is 11. The zero-order valence-electron chi connectivity index (χ0n) is 28.4. The van der Waals surface area contributed by atoms with Gasteiger partial charge in [-0.15, -0.1) is 0 Å². The maximum atomic E-state index is 12.7. The molecule has 2 aliphatic heterocycles. The zero-order chi connectivity index (χ0) is 36.7. The monoisotopic (exact) mass is 703 g/mol. The van der Waals surface area contributed by atoms with Crippen LogP contribution in [0.4, 0.5) is 18.9 Å². The number of aliphatic imine (C=N–C) groups is 1. The van der Waals surface area contributed by atoms with E-state index in [1.54, 1.807) is 14.1 Å². The number of hydrogen-bond acceptors (Lipinski definition) is 11. The molecule has 270 valence electrons. The number of aliphatic hydroxyl groups excluding tert-OH is 1. The fourth-order valence-corrected chi connectivity index (χ4v) is 4.37. The molecule has 12 nitrogen and oxygen atoms in total. The third kappa shape index (κ3) is 16.9. The third-order valence-corrected chi connectivity index (χ3v) is 7.06. The molecule has 0 saturated carbocycles. The Kier molecular flexibility index (Phi) is 22.4. The van der Waals surface area contributed by atoms with E-state index in [2.05, 4.69) is 57.1 Å². The van der Waals surface area contributed by atoms with Crippen LogP contribution in [0, 0.1) is 0 Å². The second kappa shape index (κ2) is 24.4. The van der Waals surface area contributed by atoms with Gasteiger partial charge in [0.25, 0.3) is 5.91 Å². The SMILES string of the molecule is C=NCC1=CCOCC1.C=NN(CC=O)C(=O)/C(=C(/CC)NC)N1CCN(C)CC1.CC(O)C=O.CNc1ccc(C(F)(F)F)cc1Cl. The van der Waals surface area contributed by atoms with Gasteiger partial charge in [-0.2, -0.15) is 18.3 Å². The van der Waals surface area contributed by atoms with Crippen LogP contribution in [0.3, 0.4) is 0 Å². The largest absolute Gasteiger partial charge is 0.416 e. The minimum Gasteiger partial charge on any atom is -0.390 e. The first-order valence-corrected chi connectivity index (χ1v) is 15.5. The Bertz CT molecular complexity index is 1210. The minimum absolute atomic E-state index is 0.0670. The van der Waals surface area contributed by atoms with E-state index < -0.39 is 17.8 Å². The smallest absolute Gasteiger partial charge is 0.390 e. The fraction of sp³-hybridized carbons (Fsp3) is 0.531. The molecule has 1 atom stereocenters. The molecule has 0 aliphatic carbocycles. The van der Waals surface area contributed by atoms with Crippen molar-refractivity contribution in [2.24, 2.45) is 10.1 Å². The lowest BCUT2D eigenvalue weighted by molar-refractivity contribution is -0.137. The number of aliphatic hydroxyl groups is 1. The van der Waals surface area contributed by atoms with Crippen molar-refractivity contribution in [1.29, 1.82) is 0 Å². The highest BCUT2D eigenvalue weighted by Gasteiger charge is 2.31. The van der Waals surface area contributed by atoms with Crippen LogP contribution in [0.1, 0.15) is 32.3 Å². The second-order valence-corrected chi connectivity index (χ2v) is 10.7. The van der Waals surface area contributed by atoms with Crippen molar-refractivity contribution >= 4 is 49.2 Å². The molecule has 2 heterocycles. The summed E-state index contributed by atoms with van der Waals surface area (Å²) in [6.45, 7) is 15.8. The van der Waals surface area contributed by atoms with Crippen molar-refractivity contribution in [3.05, 3.63) is 51.8 Å². The lowest BCUT2D eigenvalue weighted by Gasteiger charge is -2.36. The Morgan fingerprint density at radius 1 is 1.21 bits per heavy atom. The van der Waals surface area contributed by atoms with Gasteiger partial charge in [-0.3, -0.25) is 9.79 Å². The highest BCUT2D eigenvalue weighted by Crippen LogP contribution is 2.33. The highest BCUT2D eigenvalue weighted by molar-refractivity contribution is 6.33. The Morgan fingerprint density at radius 3 is 2.23 bits per heavy atom. The Labute approximate surface area is 286 Å². The summed E-state index contributed by atoms with van der Waals surface area (Å²) in [7, 11) is 5.45. The molecule has 1 aromatic carbocycles. The van der Waals surface area contributed by atoms with Gasteiger partial charge in [-0.05, 0) is 57.3 Å². The summed E-state index contributed by atoms with van der Waals surface area (Å²) in [6.07, 6.45) is -0.197. The minimum atomic E-state index is -4.34. The molecule has 3 N–H and O–H groups in total. The normalized spacial score (nSPS) is 15.5. The number of carbonyl (C=O) groups excluding carboxylic acids is 3. The van der Waals surface area contributed by atoms with Gasteiger partial charge >= 0.3 is 6.18 Å². The van der Waals surface area contributed by atoms with Crippen LogP contribution in [0.5, 0.6) is 0 Å². The number of piperazine rings is 1. The number of nitrogens with one attached hydrogen (secondary N) is 2. The standard InChI is InChI=1S/C14H25N5O2.C8H7ClF3N.C7H11NO.C3H6O2/c1-5-12(15-2)13(14(21)19(16-3)10-11-20)18-8-6-17(4)7-9-18;1-13-7-3-2-5(4-6(7)9)8(10,11)12;1-8-6-7-2-4-9-5-3-7;1-3(5)2-4/h11,15H,3,5-10H2,1-2,4H3;2-4,13H,1H3;2H,1,3-6H2;2-3,5H,1H3/b13-12+;;;. The second-order valence-electron chi connectivity index (χ2n) is 10.3. The first-order valence-electron chi connectivity index (χ1n) is 15.2. The van der Waals surface area contributed by atoms with E-state index >= 15 is 0 Å². The summed E-state index contributed by atoms with van der Waals surface area (Å²) in [6, 6.07) is 3.18. The quantitative estimate of drug-likeness (QED) is 0.104. The van der Waals surface area contributed by atoms with Crippen molar-refractivity contribution < 1.29 is 37.4 Å². The van der Waals surface area contributed by atoms with Gasteiger partial charge in [0.1, 0.15) is 30.9 Å². The van der Waals surface area contributed by atoms with E-state index in [0.717, 1.165) is 75.2 Å². The van der Waals surface area contributed by atoms with Crippen molar-refractivity contribution in [1.82, 2.24) is 20.1 Å². The number of halogens is 4. The van der Waals surface area contributed by atoms with Crippen LogP contribution in [-0.2, 0) is 25.3 Å². The highest BCUT2D eigenvalue weighted by atomic mass is 35.5. The topological polar surface area (TPSA) is 139 Å². The first-order chi connectivity index (χ1) is 22.7. The summed E-state index contributed by atoms with van der Waals surface area (Å²) >= 11 is 5.57. The Hall–Kier alpha value is -3.79. The number of benzene rings is 1. The molecule has 0 spiro atoms. The van der Waals surface area contributed by atoms with Crippen molar-refractivity contribution in [2.45, 2.75) is 39.0 Å². The molecule has 0 aromatic heterocycles. The molecule has 1 saturated heterocycles. The number of aldehydes is 2. The van der Waals surface area contributed by atoms with Crippen molar-refractivity contribution in [3.63, 3.8) is 0 Å². The van der Waals surface area contributed by atoms with Crippen LogP contribution in [0.2, 0.25) is 5.02 Å². The lowest BCUT2D eigenvalue weighted by atomic mass is 10.1. The van der Waals surface area contributed by atoms with Crippen molar-refractivity contribution in [2.75, 3.05) is 78.9 Å². The predicted octanol–water partition coefficient (Wildman–Crippen LogP) is 3.72. The number of alkyl halides is 3. The Balaban J connectivity index is 0.000000692. The number of likely N-dealkylation sites (N-methyl/N-ethyl adjacent to an activating group) is 1. The zero-order valence-corrected chi connectivity index (χ0v) is 29.1. The van der Waals surface area contributed by atoms with Crippen LogP contribution in [0.25, 0.3) is 0 Å². The van der Waals surface area contributed by atoms with E-state index in [9.17, 15) is 27.6 Å². The number of allylic oxidation sites excluding steroid dienone is 1. The summed E-state index contributed by atoms with van der Waals surface area (Å²) < 4.78 is 41.5. The number of ether oxygens (including phenoxy) is 1. The summed E-state index contributed by atoms with van der Waals surface area (Å²) in [5, 5.41) is 18.6. The molecule has 1 amide bonds. The lowest BCUT2D eigenvalue weighted by Crippen LogP contribution is -2.48. The van der Waals surface area contributed by atoms with Crippen LogP contribution in [-0.4, -0.2) is 132 Å². The number of hydrazone groups is 1. The molecule has 16 heteroatoms. The fourth-order valence-electron chi connectivity index (χ4n) is 4.09. The number of carbonyl (C=O) groups is 3. The summed E-state index contributed by atoms with van der Waals surface area (Å²) in [4.78, 5) is 40.7. The van der Waals surface area contributed by atoms with E-state index in [0.29, 0.717) is 30.4 Å². The van der Waals surface area contributed by atoms with E-state index in [-0.39, 0.29) is 17.5 Å². The van der Waals surface area contributed by atoms with E-state index in [1.165, 1.54) is 18.6 Å². The number of nitrogens with zero attached hydrogens (tertiary/aromatic N) is 5. The van der Waals surface area contributed by atoms with Gasteiger partial charge < -0.3 is 39.9 Å². The number of anilines is 1. The number of amides is 1. The third-order valence-electron chi connectivity index (χ3n) is 6.75. The van der Waals surface area contributed by atoms with Gasteiger partial charge in [0.05, 0.1) is 36.0 Å². The molecule has 1 unspecified atom stereocenters. The first kappa shape index (κ1) is 44.2. The molecule has 1 aromatic rings. The summed E-state index contributed by atoms with van der Waals surface area (Å²) in [5.74, 6) is -0.284. The van der Waals surface area contributed by atoms with E-state index in [1.807, 2.05) is 6.92 Å². The molecular weight excluding hydrogens is 655 g/mol. The molecule has 0 bridgehead atoms. The van der Waals surface area contributed by atoms with Crippen molar-refractivity contribution in [3.8, 4) is 0 Å². The number of hydrogen-bond donors (Lipinski definition) is 3. The average Bonchev–Trinajstić information content (AvgIpc) is 3.07. The molecule has 0 radical (unpaired) electrons. The summed E-state index contributed by atoms with van der Waals surface area (Å²) in [5.41, 5.74) is 2.54. The van der Waals surface area contributed by atoms with Gasteiger partial charge in [0.2, 0.25) is 0 Å². The van der Waals surface area contributed by atoms with Gasteiger partial charge in [-0.1, -0.05) is 24.6 Å². The molecule has 48 heavy (non-hydrogen) atoms. The maximum Gasteiger partial charge on any atom is 0.416 e. The van der Waals surface area contributed by atoms with Crippen LogP contribution in [0.15, 0.2) is 51.3 Å². The molecule has 3 rings (SSSR count). The Morgan fingerprint density at radius 2 is 1.83 bits per heavy atom. The van der Waals surface area contributed by atoms with E-state index in [4.69, 9.17) is 21.4 Å². The maximum absolute atomic E-state index is 12.7. The van der Waals surface area contributed by atoms with Gasteiger partial charge in [0.15, 0.2) is 0 Å². The van der Waals surface area contributed by atoms with Crippen LogP contribution >= 0.6 is 11.6 Å².